The number of anilines is 1. The van der Waals surface area contributed by atoms with Gasteiger partial charge in [0.05, 0.1) is 0 Å². The smallest absolute Gasteiger partial charge is 0.242 e. The van der Waals surface area contributed by atoms with Crippen molar-refractivity contribution in [2.24, 2.45) is 5.73 Å². The molecule has 4 nitrogen and oxygen atoms in total. The maximum absolute atomic E-state index is 11.7. The fraction of sp³-hybridized carbons (Fsp3) is 0.333. The molecule has 1 aromatic rings. The van der Waals surface area contributed by atoms with E-state index in [0.717, 1.165) is 22.3 Å². The lowest BCUT2D eigenvalue weighted by Gasteiger charge is -2.35. The van der Waals surface area contributed by atoms with E-state index in [0.29, 0.717) is 11.5 Å². The lowest BCUT2D eigenvalue weighted by molar-refractivity contribution is -0.122. The summed E-state index contributed by atoms with van der Waals surface area (Å²) in [6.45, 7) is 3.25. The summed E-state index contributed by atoms with van der Waals surface area (Å²) in [5.41, 5.74) is 7.44. The molecule has 0 spiro atoms. The molecule has 3 N–H and O–H groups in total. The topological polar surface area (TPSA) is 58.4 Å². The van der Waals surface area contributed by atoms with Gasteiger partial charge in [-0.3, -0.25) is 4.79 Å². The average Bonchev–Trinajstić information content (AvgIpc) is 2.32. The molecule has 1 aromatic carbocycles. The van der Waals surface area contributed by atoms with E-state index in [1.807, 2.05) is 30.0 Å². The Balaban J connectivity index is 2.45. The second kappa shape index (κ2) is 5.24. The molecule has 1 unspecified atom stereocenters. The van der Waals surface area contributed by atoms with Crippen molar-refractivity contribution in [2.75, 3.05) is 18.0 Å². The molecule has 6 heteroatoms. The Morgan fingerprint density at radius 1 is 1.61 bits per heavy atom. The van der Waals surface area contributed by atoms with E-state index in [4.69, 9.17) is 18.0 Å². The minimum atomic E-state index is -0.221. The highest BCUT2D eigenvalue weighted by atomic mass is 79.9. The Morgan fingerprint density at radius 2 is 2.33 bits per heavy atom. The van der Waals surface area contributed by atoms with Crippen molar-refractivity contribution in [2.45, 2.75) is 13.0 Å². The predicted molar refractivity (Wildman–Crippen MR) is 79.8 cm³/mol. The van der Waals surface area contributed by atoms with Gasteiger partial charge < -0.3 is 16.0 Å². The summed E-state index contributed by atoms with van der Waals surface area (Å²) in [6.07, 6.45) is 0. The number of halogens is 1. The molecule has 0 aliphatic carbocycles. The minimum absolute atomic E-state index is 0.0233. The van der Waals surface area contributed by atoms with Gasteiger partial charge >= 0.3 is 0 Å². The van der Waals surface area contributed by atoms with Crippen molar-refractivity contribution in [3.8, 4) is 0 Å². The zero-order chi connectivity index (χ0) is 13.3. The monoisotopic (exact) mass is 327 g/mol. The normalized spacial score (nSPS) is 19.6. The number of carbonyl (C=O) groups is 1. The molecule has 1 saturated heterocycles. The summed E-state index contributed by atoms with van der Waals surface area (Å²) < 4.78 is 0.940. The second-order valence-corrected chi connectivity index (χ2v) is 5.54. The Kier molecular flexibility index (Phi) is 3.87. The summed E-state index contributed by atoms with van der Waals surface area (Å²) in [7, 11) is 0. The predicted octanol–water partition coefficient (Wildman–Crippen LogP) is 1.41. The summed E-state index contributed by atoms with van der Waals surface area (Å²) in [4.78, 5) is 14.1. The van der Waals surface area contributed by atoms with Gasteiger partial charge in [-0.15, -0.1) is 0 Å². The van der Waals surface area contributed by atoms with E-state index in [1.165, 1.54) is 0 Å². The number of hydrogen-bond donors (Lipinski definition) is 2. The van der Waals surface area contributed by atoms with Gasteiger partial charge in [0.1, 0.15) is 11.0 Å². The molecule has 1 aliphatic rings. The Morgan fingerprint density at radius 3 is 3.00 bits per heavy atom. The van der Waals surface area contributed by atoms with E-state index in [2.05, 4.69) is 21.2 Å². The van der Waals surface area contributed by atoms with Gasteiger partial charge in [0.2, 0.25) is 5.91 Å². The van der Waals surface area contributed by atoms with Crippen LogP contribution in [0.15, 0.2) is 22.7 Å². The Bertz CT molecular complexity index is 506. The molecule has 18 heavy (non-hydrogen) atoms. The van der Waals surface area contributed by atoms with Gasteiger partial charge in [0, 0.05) is 28.8 Å². The number of benzene rings is 1. The number of nitrogens with zero attached hydrogens (tertiary/aromatic N) is 1. The number of rotatable bonds is 2. The summed E-state index contributed by atoms with van der Waals surface area (Å²) in [6, 6.07) is 5.50. The molecule has 1 aliphatic heterocycles. The van der Waals surface area contributed by atoms with Crippen LogP contribution in [0.25, 0.3) is 0 Å². The largest absolute Gasteiger partial charge is 0.389 e. The molecule has 2 rings (SSSR count). The molecular formula is C12H14BrN3OS. The van der Waals surface area contributed by atoms with Crippen LogP contribution >= 0.6 is 28.1 Å². The van der Waals surface area contributed by atoms with Crippen LogP contribution in [0, 0.1) is 0 Å². The summed E-state index contributed by atoms with van der Waals surface area (Å²) >= 11 is 8.50. The molecule has 1 heterocycles. The Hall–Kier alpha value is -1.14. The van der Waals surface area contributed by atoms with Crippen LogP contribution in [0.3, 0.4) is 0 Å². The number of thiocarbonyl (C=S) groups is 1. The van der Waals surface area contributed by atoms with E-state index < -0.39 is 0 Å². The number of amides is 1. The molecule has 0 radical (unpaired) electrons. The minimum Gasteiger partial charge on any atom is -0.389 e. The molecule has 1 atom stereocenters. The van der Waals surface area contributed by atoms with Crippen molar-refractivity contribution in [3.63, 3.8) is 0 Å². The highest BCUT2D eigenvalue weighted by molar-refractivity contribution is 9.10. The van der Waals surface area contributed by atoms with Crippen LogP contribution in [0.5, 0.6) is 0 Å². The van der Waals surface area contributed by atoms with Crippen LogP contribution in [-0.4, -0.2) is 30.0 Å². The van der Waals surface area contributed by atoms with Crippen LogP contribution in [0.1, 0.15) is 12.5 Å². The lowest BCUT2D eigenvalue weighted by Crippen LogP contribution is -2.54. The van der Waals surface area contributed by atoms with E-state index in [-0.39, 0.29) is 11.9 Å². The number of carbonyl (C=O) groups excluding carboxylic acids is 1. The maximum Gasteiger partial charge on any atom is 0.242 e. The van der Waals surface area contributed by atoms with E-state index in [9.17, 15) is 4.79 Å². The van der Waals surface area contributed by atoms with Crippen molar-refractivity contribution in [1.82, 2.24) is 5.32 Å². The van der Waals surface area contributed by atoms with Gasteiger partial charge in [-0.1, -0.05) is 28.1 Å². The van der Waals surface area contributed by atoms with Crippen LogP contribution in [0.4, 0.5) is 5.69 Å². The molecule has 0 saturated carbocycles. The molecule has 0 aromatic heterocycles. The van der Waals surface area contributed by atoms with Gasteiger partial charge in [-0.25, -0.2) is 0 Å². The first kappa shape index (κ1) is 13.3. The Labute approximate surface area is 120 Å². The van der Waals surface area contributed by atoms with Gasteiger partial charge in [-0.05, 0) is 25.1 Å². The SMILES string of the molecule is CC1C(=O)NCCN1c1cc(Br)ccc1C(N)=S. The average molecular weight is 328 g/mol. The molecule has 96 valence electrons. The third-order valence-electron chi connectivity index (χ3n) is 3.03. The van der Waals surface area contributed by atoms with E-state index >= 15 is 0 Å². The number of nitrogens with two attached hydrogens (primary N) is 1. The zero-order valence-corrected chi connectivity index (χ0v) is 12.3. The highest BCUT2D eigenvalue weighted by Gasteiger charge is 2.27. The molecule has 0 bridgehead atoms. The zero-order valence-electron chi connectivity index (χ0n) is 9.94. The van der Waals surface area contributed by atoms with E-state index in [1.54, 1.807) is 0 Å². The van der Waals surface area contributed by atoms with Crippen LogP contribution in [0.2, 0.25) is 0 Å². The number of nitrogens with one attached hydrogen (secondary N) is 1. The quantitative estimate of drug-likeness (QED) is 0.806. The van der Waals surface area contributed by atoms with Crippen molar-refractivity contribution in [3.05, 3.63) is 28.2 Å². The third kappa shape index (κ3) is 2.49. The molecule has 1 fully saturated rings. The first-order valence-corrected chi connectivity index (χ1v) is 6.84. The summed E-state index contributed by atoms with van der Waals surface area (Å²) in [5, 5.41) is 2.84. The number of piperazine rings is 1. The third-order valence-corrected chi connectivity index (χ3v) is 3.75. The highest BCUT2D eigenvalue weighted by Crippen LogP contribution is 2.27. The fourth-order valence-corrected chi connectivity index (χ4v) is 2.58. The van der Waals surface area contributed by atoms with Gasteiger partial charge in [0.15, 0.2) is 0 Å². The standard InChI is InChI=1S/C12H14BrN3OS/c1-7-12(17)15-4-5-16(7)10-6-8(13)2-3-9(10)11(14)18/h2-3,6-7H,4-5H2,1H3,(H2,14,18)(H,15,17). The maximum atomic E-state index is 11.7. The number of hydrogen-bond acceptors (Lipinski definition) is 3. The van der Waals surface area contributed by atoms with Crippen LogP contribution in [-0.2, 0) is 4.79 Å². The van der Waals surface area contributed by atoms with Gasteiger partial charge in [-0.2, -0.15) is 0 Å². The van der Waals surface area contributed by atoms with Crippen molar-refractivity contribution < 1.29 is 4.79 Å². The first-order valence-electron chi connectivity index (χ1n) is 5.64. The molecular weight excluding hydrogens is 314 g/mol. The van der Waals surface area contributed by atoms with Crippen LogP contribution < -0.4 is 16.0 Å². The fourth-order valence-electron chi connectivity index (χ4n) is 2.06. The summed E-state index contributed by atoms with van der Waals surface area (Å²) in [5.74, 6) is 0.0233. The van der Waals surface area contributed by atoms with Crippen molar-refractivity contribution in [1.29, 1.82) is 0 Å². The second-order valence-electron chi connectivity index (χ2n) is 4.19. The van der Waals surface area contributed by atoms with Gasteiger partial charge in [0.25, 0.3) is 0 Å². The first-order chi connectivity index (χ1) is 8.50. The lowest BCUT2D eigenvalue weighted by atomic mass is 10.1. The molecule has 1 amide bonds. The van der Waals surface area contributed by atoms with Crippen molar-refractivity contribution >= 4 is 44.7 Å².